The van der Waals surface area contributed by atoms with Crippen LogP contribution in [0.15, 0.2) is 36.4 Å². The summed E-state index contributed by atoms with van der Waals surface area (Å²) in [5.41, 5.74) is 0.909. The molecule has 1 atom stereocenters. The van der Waals surface area contributed by atoms with Gasteiger partial charge in [-0.1, -0.05) is 30.3 Å². The fourth-order valence-electron chi connectivity index (χ4n) is 1.72. The highest BCUT2D eigenvalue weighted by atomic mass is 32.1. The van der Waals surface area contributed by atoms with Crippen LogP contribution in [0.25, 0.3) is 10.8 Å². The Labute approximate surface area is 88.8 Å². The van der Waals surface area contributed by atoms with E-state index < -0.39 is 0 Å². The van der Waals surface area contributed by atoms with Crippen LogP contribution in [0.4, 0.5) is 0 Å². The van der Waals surface area contributed by atoms with Crippen LogP contribution in [-0.2, 0) is 0 Å². The third-order valence-corrected chi connectivity index (χ3v) is 2.62. The molecule has 0 radical (unpaired) electrons. The molecule has 0 fully saturated rings. The third-order valence-electron chi connectivity index (χ3n) is 2.37. The summed E-state index contributed by atoms with van der Waals surface area (Å²) in [6.07, 6.45) is 0. The summed E-state index contributed by atoms with van der Waals surface area (Å²) in [6, 6.07) is 11.7. The van der Waals surface area contributed by atoms with Gasteiger partial charge in [0, 0.05) is 10.8 Å². The average Bonchev–Trinajstić information content (AvgIpc) is 2.17. The van der Waals surface area contributed by atoms with Gasteiger partial charge in [-0.2, -0.15) is 12.6 Å². The second-order valence-corrected chi connectivity index (χ2v) is 4.17. The molecule has 1 N–H and O–H groups in total. The van der Waals surface area contributed by atoms with E-state index in [-0.39, 0.29) is 5.25 Å². The van der Waals surface area contributed by atoms with Gasteiger partial charge >= 0.3 is 0 Å². The Kier molecular flexibility index (Phi) is 2.38. The molecule has 1 nitrogen and oxygen atoms in total. The molecule has 0 aliphatic carbocycles. The standard InChI is InChI=1S/C12H12OS/c1-8(14)12-10-5-3-2-4-9(10)6-7-11(12)13/h2-8,13-14H,1H3. The van der Waals surface area contributed by atoms with Crippen LogP contribution in [-0.4, -0.2) is 5.11 Å². The van der Waals surface area contributed by atoms with E-state index in [0.717, 1.165) is 16.3 Å². The molecule has 1 unspecified atom stereocenters. The highest BCUT2D eigenvalue weighted by Gasteiger charge is 2.10. The number of phenols is 1. The Bertz CT molecular complexity index is 463. The van der Waals surface area contributed by atoms with Crippen molar-refractivity contribution in [2.24, 2.45) is 0 Å². The number of aromatic hydroxyl groups is 1. The van der Waals surface area contributed by atoms with Gasteiger partial charge in [0.2, 0.25) is 0 Å². The van der Waals surface area contributed by atoms with Crippen molar-refractivity contribution in [2.45, 2.75) is 12.2 Å². The predicted octanol–water partition coefficient (Wildman–Crippen LogP) is 3.54. The van der Waals surface area contributed by atoms with E-state index in [0.29, 0.717) is 5.75 Å². The number of phenolic OH excluding ortho intramolecular Hbond substituents is 1. The van der Waals surface area contributed by atoms with Gasteiger partial charge < -0.3 is 5.11 Å². The minimum Gasteiger partial charge on any atom is -0.508 e. The molecule has 0 aliphatic heterocycles. The summed E-state index contributed by atoms with van der Waals surface area (Å²) in [5.74, 6) is 0.325. The van der Waals surface area contributed by atoms with Crippen molar-refractivity contribution in [3.8, 4) is 5.75 Å². The van der Waals surface area contributed by atoms with E-state index in [1.165, 1.54) is 0 Å². The van der Waals surface area contributed by atoms with E-state index >= 15 is 0 Å². The zero-order valence-electron chi connectivity index (χ0n) is 7.94. The van der Waals surface area contributed by atoms with Gasteiger partial charge in [-0.3, -0.25) is 0 Å². The number of rotatable bonds is 1. The van der Waals surface area contributed by atoms with Crippen molar-refractivity contribution in [3.63, 3.8) is 0 Å². The van der Waals surface area contributed by atoms with Gasteiger partial charge in [-0.15, -0.1) is 0 Å². The monoisotopic (exact) mass is 204 g/mol. The minimum absolute atomic E-state index is 0.0427. The van der Waals surface area contributed by atoms with Crippen molar-refractivity contribution in [2.75, 3.05) is 0 Å². The van der Waals surface area contributed by atoms with Gasteiger partial charge in [0.25, 0.3) is 0 Å². The molecule has 14 heavy (non-hydrogen) atoms. The topological polar surface area (TPSA) is 20.2 Å². The molecule has 0 bridgehead atoms. The SMILES string of the molecule is CC(S)c1c(O)ccc2ccccc12. The Hall–Kier alpha value is -1.15. The molecule has 0 aromatic heterocycles. The number of hydrogen-bond donors (Lipinski definition) is 2. The first-order valence-corrected chi connectivity index (χ1v) is 5.10. The van der Waals surface area contributed by atoms with Gasteiger partial charge in [-0.25, -0.2) is 0 Å². The maximum Gasteiger partial charge on any atom is 0.120 e. The average molecular weight is 204 g/mol. The highest BCUT2D eigenvalue weighted by Crippen LogP contribution is 2.34. The molecule has 0 aliphatic rings. The summed E-state index contributed by atoms with van der Waals surface area (Å²) < 4.78 is 0. The minimum atomic E-state index is 0.0427. The van der Waals surface area contributed by atoms with E-state index in [1.54, 1.807) is 6.07 Å². The van der Waals surface area contributed by atoms with Crippen LogP contribution in [0.1, 0.15) is 17.7 Å². The summed E-state index contributed by atoms with van der Waals surface area (Å²) in [5, 5.41) is 12.0. The van der Waals surface area contributed by atoms with Crippen LogP contribution in [0, 0.1) is 0 Å². The molecule has 0 spiro atoms. The Morgan fingerprint density at radius 1 is 1.14 bits per heavy atom. The van der Waals surface area contributed by atoms with E-state index in [2.05, 4.69) is 12.6 Å². The Morgan fingerprint density at radius 3 is 2.57 bits per heavy atom. The van der Waals surface area contributed by atoms with Crippen molar-refractivity contribution in [1.82, 2.24) is 0 Å². The van der Waals surface area contributed by atoms with Gasteiger partial charge in [0.1, 0.15) is 5.75 Å². The van der Waals surface area contributed by atoms with E-state index in [1.807, 2.05) is 37.3 Å². The first kappa shape index (κ1) is 9.41. The lowest BCUT2D eigenvalue weighted by Gasteiger charge is -2.11. The zero-order valence-corrected chi connectivity index (χ0v) is 8.83. The molecule has 0 saturated carbocycles. The largest absolute Gasteiger partial charge is 0.508 e. The smallest absolute Gasteiger partial charge is 0.120 e. The number of benzene rings is 2. The van der Waals surface area contributed by atoms with E-state index in [9.17, 15) is 5.11 Å². The van der Waals surface area contributed by atoms with Crippen LogP contribution in [0.5, 0.6) is 5.75 Å². The number of thiol groups is 1. The molecule has 72 valence electrons. The molecule has 0 saturated heterocycles. The lowest BCUT2D eigenvalue weighted by atomic mass is 10.0. The third kappa shape index (κ3) is 1.46. The van der Waals surface area contributed by atoms with Gasteiger partial charge in [0.15, 0.2) is 0 Å². The van der Waals surface area contributed by atoms with Crippen molar-refractivity contribution in [1.29, 1.82) is 0 Å². The zero-order chi connectivity index (χ0) is 10.1. The van der Waals surface area contributed by atoms with Crippen LogP contribution >= 0.6 is 12.6 Å². The number of hydrogen-bond acceptors (Lipinski definition) is 2. The second kappa shape index (κ2) is 3.54. The van der Waals surface area contributed by atoms with Crippen LogP contribution < -0.4 is 0 Å². The van der Waals surface area contributed by atoms with Crippen LogP contribution in [0.2, 0.25) is 0 Å². The molecule has 0 amide bonds. The fourth-order valence-corrected chi connectivity index (χ4v) is 1.99. The lowest BCUT2D eigenvalue weighted by Crippen LogP contribution is -1.88. The summed E-state index contributed by atoms with van der Waals surface area (Å²) >= 11 is 4.37. The van der Waals surface area contributed by atoms with Crippen molar-refractivity contribution < 1.29 is 5.11 Å². The summed E-state index contributed by atoms with van der Waals surface area (Å²) in [7, 11) is 0. The number of fused-ring (bicyclic) bond motifs is 1. The highest BCUT2D eigenvalue weighted by molar-refractivity contribution is 7.80. The first-order valence-electron chi connectivity index (χ1n) is 4.59. The molecule has 0 heterocycles. The normalized spacial score (nSPS) is 13.0. The molecular weight excluding hydrogens is 192 g/mol. The predicted molar refractivity (Wildman–Crippen MR) is 63.0 cm³/mol. The summed E-state index contributed by atoms with van der Waals surface area (Å²) in [6.45, 7) is 1.96. The molecule has 2 rings (SSSR count). The maximum absolute atomic E-state index is 9.73. The second-order valence-electron chi connectivity index (χ2n) is 3.40. The first-order chi connectivity index (χ1) is 6.70. The molecular formula is C12H12OS. The van der Waals surface area contributed by atoms with Gasteiger partial charge in [-0.05, 0) is 23.8 Å². The van der Waals surface area contributed by atoms with Crippen molar-refractivity contribution >= 4 is 23.4 Å². The molecule has 2 aromatic rings. The molecule has 2 aromatic carbocycles. The summed E-state index contributed by atoms with van der Waals surface area (Å²) in [4.78, 5) is 0. The molecule has 2 heteroatoms. The fraction of sp³-hybridized carbons (Fsp3) is 0.167. The van der Waals surface area contributed by atoms with Crippen molar-refractivity contribution in [3.05, 3.63) is 42.0 Å². The maximum atomic E-state index is 9.73. The Balaban J connectivity index is 2.83. The van der Waals surface area contributed by atoms with Gasteiger partial charge in [0.05, 0.1) is 0 Å². The van der Waals surface area contributed by atoms with Crippen LogP contribution in [0.3, 0.4) is 0 Å². The van der Waals surface area contributed by atoms with E-state index in [4.69, 9.17) is 0 Å². The Morgan fingerprint density at radius 2 is 1.86 bits per heavy atom. The lowest BCUT2D eigenvalue weighted by molar-refractivity contribution is 0.470. The quantitative estimate of drug-likeness (QED) is 0.681.